The van der Waals surface area contributed by atoms with E-state index in [-0.39, 0.29) is 22.7 Å². The molecule has 1 aromatic carbocycles. The molecule has 8 heteroatoms. The number of amides is 1. The number of aromatic amines is 1. The molecule has 3 aliphatic heterocycles. The molecule has 1 aromatic rings. The standard InChI is InChI=1S/C18H16N4O4/c1-26-18(25)12-9-22(8-11-15(12)20-21-16(11)23)14-7-6-10-4-2-3-5-13(10)19-17(14)24/h2-5,8-9,14H,6-7H2,1H3,(H,19,24)(H,21,23)/t14-/m0/s1. The third-order valence-electron chi connectivity index (χ3n) is 4.61. The second kappa shape index (κ2) is 6.14. The predicted molar refractivity (Wildman–Crippen MR) is 93.2 cm³/mol. The summed E-state index contributed by atoms with van der Waals surface area (Å²) in [5, 5.41) is 9.14. The van der Waals surface area contributed by atoms with Gasteiger partial charge >= 0.3 is 5.97 Å². The number of carbonyl (C=O) groups excluding carboxylic acids is 2. The Bertz CT molecular complexity index is 1040. The number of fused-ring (bicyclic) bond motifs is 2. The number of H-pyrrole nitrogens is 1. The van der Waals surface area contributed by atoms with Crippen LogP contribution in [0.15, 0.2) is 41.5 Å². The number of benzene rings is 1. The SMILES string of the molecule is COC(=O)c1cn([C@H]2CCc3ccccc3NC2=O)cc2c(=O)[nH]nc1-2. The maximum Gasteiger partial charge on any atom is 0.341 e. The van der Waals surface area contributed by atoms with Crippen molar-refractivity contribution >= 4 is 17.6 Å². The average Bonchev–Trinajstić information content (AvgIpc) is 2.93. The molecule has 0 fully saturated rings. The third-order valence-corrected chi connectivity index (χ3v) is 4.61. The summed E-state index contributed by atoms with van der Waals surface area (Å²) in [6.07, 6.45) is 4.28. The minimum absolute atomic E-state index is 0.137. The molecule has 8 nitrogen and oxygen atoms in total. The van der Waals surface area contributed by atoms with Crippen molar-refractivity contribution in [3.05, 3.63) is 58.1 Å². The number of carbonyl (C=O) groups is 2. The molecule has 0 aromatic heterocycles. The molecule has 3 heterocycles. The van der Waals surface area contributed by atoms with Crippen molar-refractivity contribution in [3.8, 4) is 11.3 Å². The number of ether oxygens (including phenoxy) is 1. The Morgan fingerprint density at radius 2 is 2.08 bits per heavy atom. The van der Waals surface area contributed by atoms with Gasteiger partial charge in [0, 0.05) is 18.1 Å². The van der Waals surface area contributed by atoms with Crippen LogP contribution in [0.2, 0.25) is 0 Å². The van der Waals surface area contributed by atoms with Gasteiger partial charge in [0.2, 0.25) is 5.91 Å². The largest absolute Gasteiger partial charge is 0.465 e. The van der Waals surface area contributed by atoms with Crippen molar-refractivity contribution in [2.75, 3.05) is 12.4 Å². The Kier molecular flexibility index (Phi) is 3.80. The lowest BCUT2D eigenvalue weighted by molar-refractivity contribution is -0.119. The minimum Gasteiger partial charge on any atom is -0.465 e. The lowest BCUT2D eigenvalue weighted by atomic mass is 10.0. The average molecular weight is 352 g/mol. The maximum atomic E-state index is 12.7. The van der Waals surface area contributed by atoms with Crippen LogP contribution in [0.5, 0.6) is 0 Å². The predicted octanol–water partition coefficient (Wildman–Crippen LogP) is 1.59. The van der Waals surface area contributed by atoms with Crippen molar-refractivity contribution < 1.29 is 14.3 Å². The third kappa shape index (κ3) is 2.55. The number of pyridine rings is 1. The van der Waals surface area contributed by atoms with Crippen molar-refractivity contribution in [3.63, 3.8) is 0 Å². The van der Waals surface area contributed by atoms with Gasteiger partial charge in [0.15, 0.2) is 0 Å². The molecule has 0 aliphatic carbocycles. The topological polar surface area (TPSA) is 106 Å². The summed E-state index contributed by atoms with van der Waals surface area (Å²) in [5.41, 5.74) is 2.02. The van der Waals surface area contributed by atoms with E-state index in [1.54, 1.807) is 10.8 Å². The van der Waals surface area contributed by atoms with Crippen LogP contribution < -0.4 is 10.9 Å². The maximum absolute atomic E-state index is 12.7. The van der Waals surface area contributed by atoms with Crippen LogP contribution in [0, 0.1) is 0 Å². The van der Waals surface area contributed by atoms with Gasteiger partial charge in [0.25, 0.3) is 5.56 Å². The first-order valence-corrected chi connectivity index (χ1v) is 8.15. The highest BCUT2D eigenvalue weighted by Gasteiger charge is 2.28. The van der Waals surface area contributed by atoms with Crippen LogP contribution >= 0.6 is 0 Å². The van der Waals surface area contributed by atoms with E-state index in [0.29, 0.717) is 12.8 Å². The normalized spacial score (nSPS) is 16.7. The van der Waals surface area contributed by atoms with E-state index in [9.17, 15) is 14.4 Å². The molecule has 0 unspecified atom stereocenters. The highest BCUT2D eigenvalue weighted by Crippen LogP contribution is 2.29. The number of aromatic nitrogens is 3. The molecule has 4 rings (SSSR count). The number of nitrogens with one attached hydrogen (secondary N) is 2. The molecule has 1 amide bonds. The summed E-state index contributed by atoms with van der Waals surface area (Å²) in [6, 6.07) is 7.05. The van der Waals surface area contributed by atoms with Crippen LogP contribution in [0.1, 0.15) is 28.4 Å². The quantitative estimate of drug-likeness (QED) is 0.681. The van der Waals surface area contributed by atoms with Crippen LogP contribution in [0.4, 0.5) is 5.69 Å². The number of aryl methyl sites for hydroxylation is 1. The summed E-state index contributed by atoms with van der Waals surface area (Å²) in [5.74, 6) is -0.820. The zero-order chi connectivity index (χ0) is 18.3. The van der Waals surface area contributed by atoms with Gasteiger partial charge < -0.3 is 14.6 Å². The number of nitrogens with zero attached hydrogens (tertiary/aromatic N) is 2. The van der Waals surface area contributed by atoms with Gasteiger partial charge in [0.1, 0.15) is 17.3 Å². The molecule has 0 bridgehead atoms. The summed E-state index contributed by atoms with van der Waals surface area (Å²) >= 11 is 0. The fourth-order valence-corrected chi connectivity index (χ4v) is 3.28. The van der Waals surface area contributed by atoms with E-state index < -0.39 is 17.6 Å². The van der Waals surface area contributed by atoms with E-state index in [1.807, 2.05) is 24.3 Å². The first-order chi connectivity index (χ1) is 12.6. The van der Waals surface area contributed by atoms with Crippen molar-refractivity contribution in [1.82, 2.24) is 14.8 Å². The molecule has 0 saturated carbocycles. The van der Waals surface area contributed by atoms with E-state index in [1.165, 1.54) is 13.3 Å². The number of hydrogen-bond acceptors (Lipinski definition) is 5. The summed E-state index contributed by atoms with van der Waals surface area (Å²) in [4.78, 5) is 36.9. The molecular formula is C18H16N4O4. The molecule has 2 N–H and O–H groups in total. The Balaban J connectivity index is 1.80. The lowest BCUT2D eigenvalue weighted by Gasteiger charge is -2.19. The minimum atomic E-state index is -0.617. The first kappa shape index (κ1) is 16.1. The highest BCUT2D eigenvalue weighted by molar-refractivity contribution is 5.97. The molecular weight excluding hydrogens is 336 g/mol. The molecule has 0 spiro atoms. The summed E-state index contributed by atoms with van der Waals surface area (Å²) in [6.45, 7) is 0. The van der Waals surface area contributed by atoms with Crippen molar-refractivity contribution in [1.29, 1.82) is 0 Å². The molecule has 132 valence electrons. The second-order valence-electron chi connectivity index (χ2n) is 6.13. The van der Waals surface area contributed by atoms with Gasteiger partial charge in [0.05, 0.1) is 12.7 Å². The Morgan fingerprint density at radius 3 is 2.88 bits per heavy atom. The number of para-hydroxylation sites is 1. The summed E-state index contributed by atoms with van der Waals surface area (Å²) < 4.78 is 6.38. The molecule has 0 saturated heterocycles. The fraction of sp³-hybridized carbons (Fsp3) is 0.222. The van der Waals surface area contributed by atoms with E-state index in [4.69, 9.17) is 4.74 Å². The smallest absolute Gasteiger partial charge is 0.341 e. The number of anilines is 1. The highest BCUT2D eigenvalue weighted by atomic mass is 16.5. The van der Waals surface area contributed by atoms with E-state index >= 15 is 0 Å². The van der Waals surface area contributed by atoms with Gasteiger partial charge in [-0.15, -0.1) is 0 Å². The Hall–Kier alpha value is -3.42. The van der Waals surface area contributed by atoms with Crippen molar-refractivity contribution in [2.24, 2.45) is 0 Å². The zero-order valence-corrected chi connectivity index (χ0v) is 14.0. The van der Waals surface area contributed by atoms with Crippen LogP contribution in [-0.2, 0) is 16.0 Å². The number of methoxy groups -OCH3 is 1. The van der Waals surface area contributed by atoms with Crippen LogP contribution in [0.25, 0.3) is 11.3 Å². The van der Waals surface area contributed by atoms with Crippen LogP contribution in [-0.4, -0.2) is 33.8 Å². The molecule has 1 atom stereocenters. The number of hydrogen-bond donors (Lipinski definition) is 2. The lowest BCUT2D eigenvalue weighted by Crippen LogP contribution is -2.26. The van der Waals surface area contributed by atoms with E-state index in [0.717, 1.165) is 11.3 Å². The molecule has 0 radical (unpaired) electrons. The zero-order valence-electron chi connectivity index (χ0n) is 14.0. The van der Waals surface area contributed by atoms with Gasteiger partial charge in [-0.2, -0.15) is 5.10 Å². The Morgan fingerprint density at radius 1 is 1.27 bits per heavy atom. The van der Waals surface area contributed by atoms with Gasteiger partial charge in [-0.3, -0.25) is 9.59 Å². The first-order valence-electron chi connectivity index (χ1n) is 8.15. The monoisotopic (exact) mass is 352 g/mol. The van der Waals surface area contributed by atoms with Crippen LogP contribution in [0.3, 0.4) is 0 Å². The van der Waals surface area contributed by atoms with Gasteiger partial charge in [-0.1, -0.05) is 18.2 Å². The summed E-state index contributed by atoms with van der Waals surface area (Å²) in [7, 11) is 1.26. The number of esters is 1. The van der Waals surface area contributed by atoms with Crippen molar-refractivity contribution in [2.45, 2.75) is 18.9 Å². The fourth-order valence-electron chi connectivity index (χ4n) is 3.28. The van der Waals surface area contributed by atoms with Gasteiger partial charge in [-0.05, 0) is 24.5 Å². The molecule has 3 aliphatic rings. The van der Waals surface area contributed by atoms with Gasteiger partial charge in [-0.25, -0.2) is 9.89 Å². The second-order valence-corrected chi connectivity index (χ2v) is 6.13. The van der Waals surface area contributed by atoms with E-state index in [2.05, 4.69) is 15.5 Å². The molecule has 26 heavy (non-hydrogen) atoms. The Labute approximate surface area is 148 Å². The number of rotatable bonds is 2.